The number of hydrogen-bond donors (Lipinski definition) is 2. The van der Waals surface area contributed by atoms with E-state index in [1.165, 1.54) is 0 Å². The summed E-state index contributed by atoms with van der Waals surface area (Å²) in [4.78, 5) is 11.6. The van der Waals surface area contributed by atoms with Crippen molar-refractivity contribution in [2.24, 2.45) is 5.92 Å². The molecule has 2 amide bonds. The number of urea groups is 1. The number of halogens is 1. The van der Waals surface area contributed by atoms with Crippen LogP contribution in [0.5, 0.6) is 0 Å². The van der Waals surface area contributed by atoms with Crippen molar-refractivity contribution in [3.8, 4) is 0 Å². The van der Waals surface area contributed by atoms with Crippen molar-refractivity contribution < 1.29 is 4.79 Å². The summed E-state index contributed by atoms with van der Waals surface area (Å²) in [5.74, 6) is 0.434. The van der Waals surface area contributed by atoms with E-state index in [-0.39, 0.29) is 12.1 Å². The molecule has 1 unspecified atom stereocenters. The maximum absolute atomic E-state index is 11.6. The van der Waals surface area contributed by atoms with Gasteiger partial charge in [-0.25, -0.2) is 4.79 Å². The highest BCUT2D eigenvalue weighted by atomic mass is 35.5. The quantitative estimate of drug-likeness (QED) is 0.846. The van der Waals surface area contributed by atoms with Gasteiger partial charge in [-0.1, -0.05) is 37.6 Å². The molecule has 1 atom stereocenters. The fourth-order valence-corrected chi connectivity index (χ4v) is 1.65. The van der Waals surface area contributed by atoms with Crippen LogP contribution >= 0.6 is 11.6 Å². The van der Waals surface area contributed by atoms with Gasteiger partial charge in [0.05, 0.1) is 0 Å². The lowest BCUT2D eigenvalue weighted by molar-refractivity contribution is 0.234. The molecule has 0 aliphatic heterocycles. The molecule has 4 heteroatoms. The van der Waals surface area contributed by atoms with Crippen LogP contribution in [0.3, 0.4) is 0 Å². The number of carbonyl (C=O) groups is 1. The van der Waals surface area contributed by atoms with Crippen molar-refractivity contribution in [1.29, 1.82) is 0 Å². The van der Waals surface area contributed by atoms with Gasteiger partial charge in [-0.3, -0.25) is 0 Å². The normalized spacial score (nSPS) is 12.3. The summed E-state index contributed by atoms with van der Waals surface area (Å²) in [6.45, 7) is 6.77. The zero-order chi connectivity index (χ0) is 13.5. The first-order valence-electron chi connectivity index (χ1n) is 6.28. The van der Waals surface area contributed by atoms with Crippen LogP contribution in [0, 0.1) is 5.92 Å². The molecule has 18 heavy (non-hydrogen) atoms. The molecular formula is C14H21ClN2O. The van der Waals surface area contributed by atoms with Gasteiger partial charge in [0.15, 0.2) is 0 Å². The van der Waals surface area contributed by atoms with Crippen LogP contribution in [-0.2, 0) is 6.42 Å². The van der Waals surface area contributed by atoms with Crippen LogP contribution in [0.15, 0.2) is 24.3 Å². The second kappa shape index (κ2) is 7.27. The van der Waals surface area contributed by atoms with E-state index in [2.05, 4.69) is 24.5 Å². The average Bonchev–Trinajstić information content (AvgIpc) is 2.28. The van der Waals surface area contributed by atoms with E-state index in [1.807, 2.05) is 31.2 Å². The largest absolute Gasteiger partial charge is 0.338 e. The van der Waals surface area contributed by atoms with Crippen LogP contribution < -0.4 is 10.6 Å². The molecular weight excluding hydrogens is 248 g/mol. The molecule has 1 aromatic rings. The summed E-state index contributed by atoms with van der Waals surface area (Å²) in [6.07, 6.45) is 0.782. The van der Waals surface area contributed by atoms with Crippen molar-refractivity contribution in [3.63, 3.8) is 0 Å². The Kier molecular flexibility index (Phi) is 5.99. The maximum Gasteiger partial charge on any atom is 0.315 e. The molecule has 0 fully saturated rings. The third-order valence-corrected chi connectivity index (χ3v) is 3.18. The van der Waals surface area contributed by atoms with Crippen LogP contribution in [0.2, 0.25) is 5.02 Å². The minimum Gasteiger partial charge on any atom is -0.338 e. The number of carbonyl (C=O) groups excluding carboxylic acids is 1. The van der Waals surface area contributed by atoms with Gasteiger partial charge < -0.3 is 10.6 Å². The molecule has 0 aliphatic rings. The van der Waals surface area contributed by atoms with Crippen molar-refractivity contribution in [2.45, 2.75) is 33.2 Å². The highest BCUT2D eigenvalue weighted by Crippen LogP contribution is 2.10. The third-order valence-electron chi connectivity index (χ3n) is 2.95. The van der Waals surface area contributed by atoms with E-state index in [9.17, 15) is 4.79 Å². The SMILES string of the molecule is CC(C)C(C)NC(=O)NCCc1cccc(Cl)c1. The first-order chi connectivity index (χ1) is 8.49. The molecule has 3 nitrogen and oxygen atoms in total. The zero-order valence-corrected chi connectivity index (χ0v) is 11.9. The summed E-state index contributed by atoms with van der Waals surface area (Å²) >= 11 is 5.89. The van der Waals surface area contributed by atoms with Crippen LogP contribution in [-0.4, -0.2) is 18.6 Å². The minimum atomic E-state index is -0.113. The summed E-state index contributed by atoms with van der Waals surface area (Å²) in [5.41, 5.74) is 1.12. The Morgan fingerprint density at radius 3 is 2.67 bits per heavy atom. The third kappa shape index (κ3) is 5.41. The molecule has 0 aliphatic carbocycles. The fourth-order valence-electron chi connectivity index (χ4n) is 1.44. The monoisotopic (exact) mass is 268 g/mol. The van der Waals surface area contributed by atoms with Crippen molar-refractivity contribution in [2.75, 3.05) is 6.54 Å². The molecule has 0 saturated carbocycles. The van der Waals surface area contributed by atoms with Gasteiger partial charge in [0.1, 0.15) is 0 Å². The van der Waals surface area contributed by atoms with E-state index in [0.717, 1.165) is 17.0 Å². The van der Waals surface area contributed by atoms with E-state index in [4.69, 9.17) is 11.6 Å². The Balaban J connectivity index is 2.27. The van der Waals surface area contributed by atoms with Crippen molar-refractivity contribution >= 4 is 17.6 Å². The minimum absolute atomic E-state index is 0.113. The average molecular weight is 269 g/mol. The standard InChI is InChI=1S/C14H21ClN2O/c1-10(2)11(3)17-14(18)16-8-7-12-5-4-6-13(15)9-12/h4-6,9-11H,7-8H2,1-3H3,(H2,16,17,18). The van der Waals surface area contributed by atoms with Gasteiger partial charge in [-0.05, 0) is 37.0 Å². The predicted octanol–water partition coefficient (Wildman–Crippen LogP) is 3.23. The molecule has 0 radical (unpaired) electrons. The second-order valence-electron chi connectivity index (χ2n) is 4.81. The summed E-state index contributed by atoms with van der Waals surface area (Å²) in [7, 11) is 0. The number of amides is 2. The van der Waals surface area contributed by atoms with E-state index >= 15 is 0 Å². The lowest BCUT2D eigenvalue weighted by Crippen LogP contribution is -2.43. The van der Waals surface area contributed by atoms with Gasteiger partial charge in [0.25, 0.3) is 0 Å². The fraction of sp³-hybridized carbons (Fsp3) is 0.500. The Morgan fingerprint density at radius 1 is 1.33 bits per heavy atom. The lowest BCUT2D eigenvalue weighted by atomic mass is 10.1. The summed E-state index contributed by atoms with van der Waals surface area (Å²) in [5, 5.41) is 6.47. The smallest absolute Gasteiger partial charge is 0.315 e. The van der Waals surface area contributed by atoms with Gasteiger partial charge in [-0.2, -0.15) is 0 Å². The van der Waals surface area contributed by atoms with Crippen LogP contribution in [0.4, 0.5) is 4.79 Å². The molecule has 0 spiro atoms. The number of benzene rings is 1. The Bertz CT molecular complexity index is 393. The molecule has 100 valence electrons. The molecule has 1 rings (SSSR count). The Morgan fingerprint density at radius 2 is 2.06 bits per heavy atom. The molecule has 0 bridgehead atoms. The summed E-state index contributed by atoms with van der Waals surface area (Å²) < 4.78 is 0. The highest BCUT2D eigenvalue weighted by molar-refractivity contribution is 6.30. The van der Waals surface area contributed by atoms with Gasteiger partial charge in [-0.15, -0.1) is 0 Å². The van der Waals surface area contributed by atoms with Crippen molar-refractivity contribution in [3.05, 3.63) is 34.9 Å². The second-order valence-corrected chi connectivity index (χ2v) is 5.25. The highest BCUT2D eigenvalue weighted by Gasteiger charge is 2.09. The van der Waals surface area contributed by atoms with Gasteiger partial charge in [0, 0.05) is 17.6 Å². The Hall–Kier alpha value is -1.22. The maximum atomic E-state index is 11.6. The van der Waals surface area contributed by atoms with E-state index in [1.54, 1.807) is 0 Å². The summed E-state index contributed by atoms with van der Waals surface area (Å²) in [6, 6.07) is 7.74. The predicted molar refractivity (Wildman–Crippen MR) is 76.0 cm³/mol. The van der Waals surface area contributed by atoms with Crippen LogP contribution in [0.25, 0.3) is 0 Å². The van der Waals surface area contributed by atoms with Gasteiger partial charge in [0.2, 0.25) is 0 Å². The first kappa shape index (κ1) is 14.8. The number of nitrogens with one attached hydrogen (secondary N) is 2. The molecule has 0 heterocycles. The number of rotatable bonds is 5. The molecule has 0 saturated heterocycles. The van der Waals surface area contributed by atoms with E-state index in [0.29, 0.717) is 12.5 Å². The molecule has 2 N–H and O–H groups in total. The molecule has 1 aromatic carbocycles. The Labute approximate surface area is 114 Å². The zero-order valence-electron chi connectivity index (χ0n) is 11.2. The van der Waals surface area contributed by atoms with E-state index < -0.39 is 0 Å². The first-order valence-corrected chi connectivity index (χ1v) is 6.65. The molecule has 0 aromatic heterocycles. The van der Waals surface area contributed by atoms with Gasteiger partial charge >= 0.3 is 6.03 Å². The topological polar surface area (TPSA) is 41.1 Å². The number of hydrogen-bond acceptors (Lipinski definition) is 1. The van der Waals surface area contributed by atoms with Crippen molar-refractivity contribution in [1.82, 2.24) is 10.6 Å². The lowest BCUT2D eigenvalue weighted by Gasteiger charge is -2.17. The van der Waals surface area contributed by atoms with Crippen LogP contribution in [0.1, 0.15) is 26.3 Å².